The normalized spacial score (nSPS) is 28.6. The summed E-state index contributed by atoms with van der Waals surface area (Å²) in [6, 6.07) is 0. The fourth-order valence-electron chi connectivity index (χ4n) is 2.40. The molecular formula is C12H16N4O4S2. The second-order valence-electron chi connectivity index (χ2n) is 4.77. The monoisotopic (exact) mass is 344 g/mol. The van der Waals surface area contributed by atoms with Crippen molar-refractivity contribution < 1.29 is 20.1 Å². The Morgan fingerprint density at radius 1 is 1.23 bits per heavy atom. The molecule has 0 radical (unpaired) electrons. The molecule has 0 bridgehead atoms. The van der Waals surface area contributed by atoms with Crippen LogP contribution in [0.5, 0.6) is 0 Å². The summed E-state index contributed by atoms with van der Waals surface area (Å²) in [4.78, 5) is 13.1. The largest absolute Gasteiger partial charge is 0.394 e. The minimum atomic E-state index is -1.17. The topological polar surface area (TPSA) is 114 Å². The number of aliphatic hydroxyl groups excluding tert-OH is 3. The highest BCUT2D eigenvalue weighted by Gasteiger charge is 2.44. The lowest BCUT2D eigenvalue weighted by Gasteiger charge is -2.16. The van der Waals surface area contributed by atoms with Gasteiger partial charge in [0.15, 0.2) is 17.0 Å². The van der Waals surface area contributed by atoms with E-state index in [1.165, 1.54) is 29.9 Å². The van der Waals surface area contributed by atoms with Gasteiger partial charge in [0.05, 0.1) is 12.9 Å². The Balaban J connectivity index is 2.08. The molecule has 10 heteroatoms. The number of aliphatic hydroxyl groups is 3. The van der Waals surface area contributed by atoms with Crippen LogP contribution in [0.3, 0.4) is 0 Å². The highest BCUT2D eigenvalue weighted by atomic mass is 32.2. The molecule has 1 saturated heterocycles. The third kappa shape index (κ3) is 2.49. The molecule has 0 spiro atoms. The van der Waals surface area contributed by atoms with Gasteiger partial charge in [-0.2, -0.15) is 0 Å². The molecule has 1 aliphatic rings. The Bertz CT molecular complexity index is 682. The van der Waals surface area contributed by atoms with Crippen molar-refractivity contribution >= 4 is 34.7 Å². The van der Waals surface area contributed by atoms with Crippen LogP contribution in [0.4, 0.5) is 0 Å². The minimum absolute atomic E-state index is 0.373. The van der Waals surface area contributed by atoms with Crippen LogP contribution in [-0.2, 0) is 4.74 Å². The number of nitrogens with zero attached hydrogens (tertiary/aromatic N) is 4. The molecule has 0 aromatic carbocycles. The van der Waals surface area contributed by atoms with Crippen molar-refractivity contribution in [1.29, 1.82) is 0 Å². The van der Waals surface area contributed by atoms with Gasteiger partial charge in [0.1, 0.15) is 28.9 Å². The highest BCUT2D eigenvalue weighted by molar-refractivity contribution is 7.99. The van der Waals surface area contributed by atoms with Crippen molar-refractivity contribution in [2.45, 2.75) is 34.7 Å². The van der Waals surface area contributed by atoms with Crippen LogP contribution in [0.15, 0.2) is 16.5 Å². The molecule has 4 unspecified atom stereocenters. The summed E-state index contributed by atoms with van der Waals surface area (Å²) >= 11 is 2.86. The predicted octanol–water partition coefficient (Wildman–Crippen LogP) is -0.118. The maximum Gasteiger partial charge on any atom is 0.190 e. The van der Waals surface area contributed by atoms with E-state index in [0.29, 0.717) is 16.3 Å². The van der Waals surface area contributed by atoms with E-state index in [1.54, 1.807) is 4.57 Å². The first kappa shape index (κ1) is 16.0. The molecule has 3 rings (SSSR count). The molecule has 0 saturated carbocycles. The van der Waals surface area contributed by atoms with Crippen LogP contribution in [0, 0.1) is 0 Å². The zero-order chi connectivity index (χ0) is 15.9. The molecule has 8 nitrogen and oxygen atoms in total. The van der Waals surface area contributed by atoms with Gasteiger partial charge < -0.3 is 20.1 Å². The molecule has 1 aliphatic heterocycles. The number of thioether (sulfide) groups is 2. The fourth-order valence-corrected chi connectivity index (χ4v) is 3.33. The van der Waals surface area contributed by atoms with Gasteiger partial charge in [-0.05, 0) is 12.5 Å². The van der Waals surface area contributed by atoms with Crippen LogP contribution in [0.2, 0.25) is 0 Å². The lowest BCUT2D eigenvalue weighted by atomic mass is 10.1. The summed E-state index contributed by atoms with van der Waals surface area (Å²) in [6.45, 7) is -0.373. The van der Waals surface area contributed by atoms with Gasteiger partial charge in [-0.3, -0.25) is 4.57 Å². The van der Waals surface area contributed by atoms with Crippen molar-refractivity contribution in [3.05, 3.63) is 6.33 Å². The van der Waals surface area contributed by atoms with Crippen molar-refractivity contribution in [3.63, 3.8) is 0 Å². The molecule has 3 heterocycles. The molecule has 2 aromatic rings. The number of rotatable bonds is 4. The Hall–Kier alpha value is -0.910. The van der Waals surface area contributed by atoms with E-state index in [4.69, 9.17) is 4.74 Å². The summed E-state index contributed by atoms with van der Waals surface area (Å²) in [5.41, 5.74) is 1.14. The smallest absolute Gasteiger partial charge is 0.190 e. The van der Waals surface area contributed by atoms with Crippen molar-refractivity contribution in [2.75, 3.05) is 19.1 Å². The summed E-state index contributed by atoms with van der Waals surface area (Å²) in [6.07, 6.45) is 1.27. The van der Waals surface area contributed by atoms with Crippen LogP contribution in [0.25, 0.3) is 11.2 Å². The molecular weight excluding hydrogens is 328 g/mol. The van der Waals surface area contributed by atoms with E-state index in [-0.39, 0.29) is 6.61 Å². The molecule has 0 amide bonds. The molecule has 22 heavy (non-hydrogen) atoms. The lowest BCUT2D eigenvalue weighted by molar-refractivity contribution is -0.0511. The van der Waals surface area contributed by atoms with Crippen LogP contribution < -0.4 is 0 Å². The fraction of sp³-hybridized carbons (Fsp3) is 0.583. The number of hydrogen-bond donors (Lipinski definition) is 3. The van der Waals surface area contributed by atoms with E-state index >= 15 is 0 Å². The van der Waals surface area contributed by atoms with E-state index in [0.717, 1.165) is 5.03 Å². The van der Waals surface area contributed by atoms with Crippen molar-refractivity contribution in [3.8, 4) is 0 Å². The standard InChI is InChI=1S/C12H16N4O4S2/c1-21-10-6-9(14-12(15-10)22-2)16(4-13-6)11-8(19)7(18)5(3-17)20-11/h4-5,7-8,11,17-19H,3H2,1-2H3. The van der Waals surface area contributed by atoms with E-state index in [9.17, 15) is 15.3 Å². The predicted molar refractivity (Wildman–Crippen MR) is 81.9 cm³/mol. The van der Waals surface area contributed by atoms with Crippen LogP contribution in [-0.4, -0.2) is 72.3 Å². The second kappa shape index (κ2) is 6.30. The first-order chi connectivity index (χ1) is 10.6. The summed E-state index contributed by atoms with van der Waals surface area (Å²) in [7, 11) is 0. The summed E-state index contributed by atoms with van der Waals surface area (Å²) in [5, 5.41) is 30.6. The molecule has 2 aromatic heterocycles. The maximum atomic E-state index is 10.2. The number of aromatic nitrogens is 4. The molecule has 1 fully saturated rings. The average molecular weight is 344 g/mol. The molecule has 4 atom stereocenters. The Morgan fingerprint density at radius 2 is 2.00 bits per heavy atom. The van der Waals surface area contributed by atoms with Gasteiger partial charge in [-0.1, -0.05) is 11.8 Å². The van der Waals surface area contributed by atoms with Crippen LogP contribution in [0.1, 0.15) is 6.23 Å². The van der Waals surface area contributed by atoms with E-state index in [2.05, 4.69) is 15.0 Å². The van der Waals surface area contributed by atoms with E-state index in [1.807, 2.05) is 12.5 Å². The van der Waals surface area contributed by atoms with Gasteiger partial charge in [0, 0.05) is 0 Å². The first-order valence-electron chi connectivity index (χ1n) is 6.55. The summed E-state index contributed by atoms with van der Waals surface area (Å²) < 4.78 is 7.10. The Kier molecular flexibility index (Phi) is 4.57. The van der Waals surface area contributed by atoms with Gasteiger partial charge in [0.25, 0.3) is 0 Å². The third-order valence-corrected chi connectivity index (χ3v) is 4.76. The van der Waals surface area contributed by atoms with Gasteiger partial charge in [-0.25, -0.2) is 15.0 Å². The van der Waals surface area contributed by atoms with Gasteiger partial charge in [-0.15, -0.1) is 11.8 Å². The van der Waals surface area contributed by atoms with Crippen molar-refractivity contribution in [2.24, 2.45) is 0 Å². The third-order valence-electron chi connectivity index (χ3n) is 3.54. The zero-order valence-corrected chi connectivity index (χ0v) is 13.6. The number of ether oxygens (including phenoxy) is 1. The quantitative estimate of drug-likeness (QED) is 0.397. The minimum Gasteiger partial charge on any atom is -0.394 e. The molecule has 0 aliphatic carbocycles. The first-order valence-corrected chi connectivity index (χ1v) is 9.00. The number of hydrogen-bond acceptors (Lipinski definition) is 9. The van der Waals surface area contributed by atoms with Crippen molar-refractivity contribution in [1.82, 2.24) is 19.5 Å². The maximum absolute atomic E-state index is 10.2. The number of fused-ring (bicyclic) bond motifs is 1. The second-order valence-corrected chi connectivity index (χ2v) is 6.34. The lowest BCUT2D eigenvalue weighted by Crippen LogP contribution is -2.33. The molecule has 3 N–H and O–H groups in total. The van der Waals surface area contributed by atoms with Gasteiger partial charge >= 0.3 is 0 Å². The Morgan fingerprint density at radius 3 is 2.59 bits per heavy atom. The molecule has 120 valence electrons. The summed E-state index contributed by atoms with van der Waals surface area (Å²) in [5.74, 6) is 0. The van der Waals surface area contributed by atoms with E-state index < -0.39 is 24.5 Å². The number of imidazole rings is 1. The van der Waals surface area contributed by atoms with Gasteiger partial charge in [0.2, 0.25) is 0 Å². The average Bonchev–Trinajstić information content (AvgIpc) is 3.08. The Labute approximate surface area is 134 Å². The zero-order valence-electron chi connectivity index (χ0n) is 11.9. The highest BCUT2D eigenvalue weighted by Crippen LogP contribution is 2.33. The SMILES string of the molecule is CSc1nc(SC)c2ncn(C3OC(CO)C(O)C3O)c2n1. The van der Waals surface area contributed by atoms with Crippen LogP contribution >= 0.6 is 23.5 Å².